The normalized spacial score (nSPS) is 21.4. The Morgan fingerprint density at radius 3 is 2.54 bits per heavy atom. The number of halogens is 4. The molecular weight excluding hydrogens is 345 g/mol. The molecule has 0 saturated heterocycles. The number of pyridine rings is 1. The standard InChI is InChI=1S/C14H16ClF3N6/c1-7(2)19-12-22-11(9-5-4-6-10(15)21-9)23-13(24-12)20-8(3)14(16,17)18/h4-8H,1-3H3,(H2,19,20,22,23,24)/t8-/m1/s1/i1D3,3D3,5D,7D/t7-,8-. The molecule has 2 atom stereocenters. The summed E-state index contributed by atoms with van der Waals surface area (Å²) in [4.78, 5) is 14.9. The fourth-order valence-electron chi connectivity index (χ4n) is 1.46. The third-order valence-electron chi connectivity index (χ3n) is 2.41. The molecule has 0 aliphatic heterocycles. The molecule has 0 bridgehead atoms. The highest BCUT2D eigenvalue weighted by Crippen LogP contribution is 2.24. The summed E-state index contributed by atoms with van der Waals surface area (Å²) < 4.78 is 99.4. The molecule has 2 aromatic rings. The van der Waals surface area contributed by atoms with Crippen molar-refractivity contribution in [2.75, 3.05) is 10.6 Å². The van der Waals surface area contributed by atoms with E-state index in [2.05, 4.69) is 25.3 Å². The average molecular weight is 369 g/mol. The van der Waals surface area contributed by atoms with E-state index in [0.717, 1.165) is 6.92 Å². The van der Waals surface area contributed by atoms with Crippen LogP contribution in [0.15, 0.2) is 18.2 Å². The van der Waals surface area contributed by atoms with E-state index < -0.39 is 49.7 Å². The topological polar surface area (TPSA) is 75.6 Å². The van der Waals surface area contributed by atoms with Gasteiger partial charge in [-0.3, -0.25) is 0 Å². The Bertz CT molecular complexity index is 968. The molecule has 10 heteroatoms. The van der Waals surface area contributed by atoms with Crippen LogP contribution in [0.4, 0.5) is 25.1 Å². The lowest BCUT2D eigenvalue weighted by Crippen LogP contribution is -2.34. The van der Waals surface area contributed by atoms with Gasteiger partial charge in [0.2, 0.25) is 11.9 Å². The van der Waals surface area contributed by atoms with Gasteiger partial charge in [0.1, 0.15) is 16.9 Å². The van der Waals surface area contributed by atoms with Crippen molar-refractivity contribution in [1.29, 1.82) is 0 Å². The molecule has 2 aromatic heterocycles. The van der Waals surface area contributed by atoms with E-state index in [-0.39, 0.29) is 16.9 Å². The maximum absolute atomic E-state index is 13.3. The van der Waals surface area contributed by atoms with E-state index in [1.54, 1.807) is 5.32 Å². The predicted octanol–water partition coefficient (Wildman–Crippen LogP) is 3.77. The Kier molecular flexibility index (Phi) is 2.98. The average Bonchev–Trinajstić information content (AvgIpc) is 2.58. The molecule has 0 aliphatic rings. The third-order valence-corrected chi connectivity index (χ3v) is 2.62. The van der Waals surface area contributed by atoms with Gasteiger partial charge in [0, 0.05) is 14.2 Å². The lowest BCUT2D eigenvalue weighted by Gasteiger charge is -2.18. The number of nitrogens with zero attached hydrogens (tertiary/aromatic N) is 4. The summed E-state index contributed by atoms with van der Waals surface area (Å²) in [5.74, 6) is -2.08. The van der Waals surface area contributed by atoms with E-state index in [0.29, 0.717) is 0 Å². The molecule has 130 valence electrons. The van der Waals surface area contributed by atoms with Crippen molar-refractivity contribution in [3.63, 3.8) is 0 Å². The molecule has 0 amide bonds. The number of aromatic nitrogens is 4. The van der Waals surface area contributed by atoms with Crippen molar-refractivity contribution in [2.24, 2.45) is 0 Å². The van der Waals surface area contributed by atoms with Gasteiger partial charge in [0.25, 0.3) is 0 Å². The van der Waals surface area contributed by atoms with E-state index in [1.807, 2.05) is 0 Å². The molecule has 0 fully saturated rings. The lowest BCUT2D eigenvalue weighted by atomic mass is 10.3. The van der Waals surface area contributed by atoms with Crippen LogP contribution in [0.5, 0.6) is 0 Å². The van der Waals surface area contributed by atoms with Crippen LogP contribution in [-0.4, -0.2) is 38.2 Å². The first-order valence-corrected chi connectivity index (χ1v) is 6.70. The van der Waals surface area contributed by atoms with Gasteiger partial charge in [0.05, 0.1) is 2.74 Å². The van der Waals surface area contributed by atoms with Crippen molar-refractivity contribution < 1.29 is 24.1 Å². The van der Waals surface area contributed by atoms with Crippen LogP contribution in [-0.2, 0) is 0 Å². The molecule has 24 heavy (non-hydrogen) atoms. The second-order valence-corrected chi connectivity index (χ2v) is 4.82. The summed E-state index contributed by atoms with van der Waals surface area (Å²) in [6.45, 7) is -5.50. The zero-order chi connectivity index (χ0) is 24.7. The summed E-state index contributed by atoms with van der Waals surface area (Å²) in [5.41, 5.74) is -0.302. The molecule has 6 nitrogen and oxygen atoms in total. The van der Waals surface area contributed by atoms with Crippen LogP contribution >= 0.6 is 11.6 Å². The second kappa shape index (κ2) is 7.16. The van der Waals surface area contributed by atoms with Crippen molar-refractivity contribution in [2.45, 2.75) is 38.9 Å². The number of nitrogens with one attached hydrogen (secondary N) is 2. The van der Waals surface area contributed by atoms with Gasteiger partial charge in [-0.1, -0.05) is 17.7 Å². The molecule has 2 N–H and O–H groups in total. The highest BCUT2D eigenvalue weighted by Gasteiger charge is 2.36. The summed E-state index contributed by atoms with van der Waals surface area (Å²) in [5, 5.41) is 3.70. The maximum atomic E-state index is 13.3. The summed E-state index contributed by atoms with van der Waals surface area (Å²) in [6.07, 6.45) is -5.23. The number of rotatable bonds is 5. The van der Waals surface area contributed by atoms with Gasteiger partial charge in [-0.05, 0) is 32.7 Å². The Labute approximate surface area is 153 Å². The van der Waals surface area contributed by atoms with Crippen LogP contribution in [0.2, 0.25) is 5.15 Å². The van der Waals surface area contributed by atoms with E-state index in [1.165, 1.54) is 12.1 Å². The minimum atomic E-state index is -5.23. The third kappa shape index (κ3) is 4.92. The number of alkyl halides is 3. The monoisotopic (exact) mass is 368 g/mol. The highest BCUT2D eigenvalue weighted by atomic mass is 35.5. The van der Waals surface area contributed by atoms with Gasteiger partial charge in [-0.25, -0.2) is 4.98 Å². The summed E-state index contributed by atoms with van der Waals surface area (Å²) in [6, 6.07) is -3.29. The molecule has 0 saturated carbocycles. The zero-order valence-corrected chi connectivity index (χ0v) is 12.8. The molecule has 2 heterocycles. The molecule has 0 unspecified atom stereocenters. The van der Waals surface area contributed by atoms with Crippen molar-refractivity contribution >= 4 is 23.5 Å². The van der Waals surface area contributed by atoms with Gasteiger partial charge in [-0.15, -0.1) is 0 Å². The summed E-state index contributed by atoms with van der Waals surface area (Å²) in [7, 11) is 0. The van der Waals surface area contributed by atoms with E-state index in [4.69, 9.17) is 22.6 Å². The predicted molar refractivity (Wildman–Crippen MR) is 86.0 cm³/mol. The Morgan fingerprint density at radius 1 is 1.21 bits per heavy atom. The lowest BCUT2D eigenvalue weighted by molar-refractivity contribution is -0.138. The van der Waals surface area contributed by atoms with Crippen LogP contribution in [0, 0.1) is 0 Å². The van der Waals surface area contributed by atoms with Gasteiger partial charge < -0.3 is 10.6 Å². The molecule has 0 aliphatic carbocycles. The Balaban J connectivity index is 2.64. The quantitative estimate of drug-likeness (QED) is 0.782. The number of hydrogen-bond acceptors (Lipinski definition) is 6. The van der Waals surface area contributed by atoms with Crippen LogP contribution in [0.25, 0.3) is 11.5 Å². The minimum Gasteiger partial charge on any atom is -0.352 e. The van der Waals surface area contributed by atoms with Crippen LogP contribution in [0.3, 0.4) is 0 Å². The number of anilines is 2. The second-order valence-electron chi connectivity index (χ2n) is 4.44. The first-order chi connectivity index (χ1) is 14.3. The molecular formula is C14H16ClF3N6. The Hall–Kier alpha value is -2.16. The molecule has 0 aromatic carbocycles. The summed E-state index contributed by atoms with van der Waals surface area (Å²) >= 11 is 5.79. The molecule has 0 radical (unpaired) electrons. The largest absolute Gasteiger partial charge is 0.408 e. The zero-order valence-electron chi connectivity index (χ0n) is 20.0. The maximum Gasteiger partial charge on any atom is 0.408 e. The van der Waals surface area contributed by atoms with Crippen molar-refractivity contribution in [3.05, 3.63) is 23.3 Å². The first kappa shape index (κ1) is 9.97. The highest BCUT2D eigenvalue weighted by molar-refractivity contribution is 6.29. The first-order valence-electron chi connectivity index (χ1n) is 10.3. The van der Waals surface area contributed by atoms with Crippen molar-refractivity contribution in [3.8, 4) is 11.5 Å². The van der Waals surface area contributed by atoms with Crippen LogP contribution in [0.1, 0.15) is 31.6 Å². The van der Waals surface area contributed by atoms with Crippen molar-refractivity contribution in [1.82, 2.24) is 19.9 Å². The SMILES string of the molecule is [2H]c1ccc(Cl)nc1-c1nc(N[C@H](C([2H])([2H])[2H])C(F)(F)F)nc(N[C@@]([2H])(C)C([2H])([2H])[2H])n1. The molecule has 2 rings (SSSR count). The Morgan fingerprint density at radius 2 is 1.92 bits per heavy atom. The van der Waals surface area contributed by atoms with Gasteiger partial charge in [-0.2, -0.15) is 28.1 Å². The fourth-order valence-corrected chi connectivity index (χ4v) is 1.61. The minimum absolute atomic E-state index is 0.107. The smallest absolute Gasteiger partial charge is 0.352 e. The molecule has 0 spiro atoms. The van der Waals surface area contributed by atoms with E-state index in [9.17, 15) is 13.2 Å². The van der Waals surface area contributed by atoms with Gasteiger partial charge >= 0.3 is 6.18 Å². The fraction of sp³-hybridized carbons (Fsp3) is 0.429. The number of hydrogen-bond donors (Lipinski definition) is 2. The van der Waals surface area contributed by atoms with Crippen LogP contribution < -0.4 is 10.6 Å². The van der Waals surface area contributed by atoms with Gasteiger partial charge in [0.15, 0.2) is 5.82 Å². The van der Waals surface area contributed by atoms with E-state index >= 15 is 0 Å².